The number of carbonyl (C=O) groups is 2. The lowest BCUT2D eigenvalue weighted by molar-refractivity contribution is -0.130. The summed E-state index contributed by atoms with van der Waals surface area (Å²) >= 11 is 1.41. The summed E-state index contributed by atoms with van der Waals surface area (Å²) in [5, 5.41) is 9.65. The molecule has 136 valence electrons. The molecule has 7 heteroatoms. The Morgan fingerprint density at radius 3 is 2.78 bits per heavy atom. The van der Waals surface area contributed by atoms with Crippen molar-refractivity contribution in [3.63, 3.8) is 0 Å². The van der Waals surface area contributed by atoms with Crippen LogP contribution < -0.4 is 5.32 Å². The summed E-state index contributed by atoms with van der Waals surface area (Å²) < 4.78 is 1.80. The first-order chi connectivity index (χ1) is 13.2. The maximum atomic E-state index is 12.6. The van der Waals surface area contributed by atoms with Crippen molar-refractivity contribution in [1.29, 1.82) is 0 Å². The van der Waals surface area contributed by atoms with Crippen molar-refractivity contribution in [3.8, 4) is 16.9 Å². The number of benzene rings is 1. The van der Waals surface area contributed by atoms with Crippen LogP contribution in [0.3, 0.4) is 0 Å². The van der Waals surface area contributed by atoms with Crippen LogP contribution in [-0.4, -0.2) is 26.5 Å². The molecular weight excluding hydrogens is 360 g/mol. The maximum absolute atomic E-state index is 12.6. The van der Waals surface area contributed by atoms with Gasteiger partial charge in [-0.25, -0.2) is 9.67 Å². The van der Waals surface area contributed by atoms with E-state index in [4.69, 9.17) is 0 Å². The smallest absolute Gasteiger partial charge is 0.230 e. The molecule has 1 unspecified atom stereocenters. The normalized spacial score (nSPS) is 23.7. The van der Waals surface area contributed by atoms with Gasteiger partial charge < -0.3 is 5.32 Å². The van der Waals surface area contributed by atoms with Crippen molar-refractivity contribution in [3.05, 3.63) is 48.1 Å². The van der Waals surface area contributed by atoms with Gasteiger partial charge >= 0.3 is 0 Å². The van der Waals surface area contributed by atoms with E-state index in [1.807, 2.05) is 41.9 Å². The average molecular weight is 378 g/mol. The lowest BCUT2D eigenvalue weighted by Crippen LogP contribution is -2.31. The first-order valence-corrected chi connectivity index (χ1v) is 9.95. The molecular formula is C20H18N4O2S. The lowest BCUT2D eigenvalue weighted by Gasteiger charge is -2.19. The number of fused-ring (bicyclic) bond motifs is 2. The zero-order chi connectivity index (χ0) is 18.4. The van der Waals surface area contributed by atoms with Crippen LogP contribution in [0.5, 0.6) is 0 Å². The predicted molar refractivity (Wildman–Crippen MR) is 103 cm³/mol. The molecule has 1 amide bonds. The van der Waals surface area contributed by atoms with Crippen molar-refractivity contribution in [2.75, 3.05) is 5.32 Å². The standard InChI is InChI=1S/C20H18N4O2S/c25-18-10-12-8-15(18)16(9-12)19(26)23-20-22-17(11-27-20)13-2-4-14(5-3-13)24-7-1-6-21-24/h1-7,11-12,15-16H,8-10H2,(H,22,23,26)/t12-,15+,16?/m0/s1. The summed E-state index contributed by atoms with van der Waals surface area (Å²) in [4.78, 5) is 29.0. The van der Waals surface area contributed by atoms with E-state index in [0.29, 0.717) is 17.5 Å². The summed E-state index contributed by atoms with van der Waals surface area (Å²) in [7, 11) is 0. The largest absolute Gasteiger partial charge is 0.302 e. The molecule has 2 aliphatic rings. The predicted octanol–water partition coefficient (Wildman–Crippen LogP) is 3.55. The van der Waals surface area contributed by atoms with Crippen LogP contribution in [0.15, 0.2) is 48.1 Å². The van der Waals surface area contributed by atoms with Crippen LogP contribution in [0.2, 0.25) is 0 Å². The number of thiazole rings is 1. The van der Waals surface area contributed by atoms with Gasteiger partial charge in [0, 0.05) is 41.6 Å². The second kappa shape index (κ2) is 6.42. The van der Waals surface area contributed by atoms with Gasteiger partial charge in [-0.2, -0.15) is 5.10 Å². The molecule has 0 saturated heterocycles. The van der Waals surface area contributed by atoms with Crippen molar-refractivity contribution >= 4 is 28.2 Å². The highest BCUT2D eigenvalue weighted by Gasteiger charge is 2.48. The zero-order valence-electron chi connectivity index (χ0n) is 14.5. The minimum atomic E-state index is -0.183. The van der Waals surface area contributed by atoms with Crippen LogP contribution >= 0.6 is 11.3 Å². The highest BCUT2D eigenvalue weighted by molar-refractivity contribution is 7.14. The molecule has 3 aromatic rings. The van der Waals surface area contributed by atoms with E-state index in [0.717, 1.165) is 29.8 Å². The van der Waals surface area contributed by atoms with Gasteiger partial charge in [0.1, 0.15) is 5.78 Å². The van der Waals surface area contributed by atoms with E-state index in [2.05, 4.69) is 15.4 Å². The summed E-state index contributed by atoms with van der Waals surface area (Å²) in [6.07, 6.45) is 6.00. The van der Waals surface area contributed by atoms with E-state index in [-0.39, 0.29) is 23.5 Å². The molecule has 2 bridgehead atoms. The van der Waals surface area contributed by atoms with E-state index in [9.17, 15) is 9.59 Å². The number of anilines is 1. The molecule has 27 heavy (non-hydrogen) atoms. The number of Topliss-reactive ketones (excluding diaryl/α,β-unsaturated/α-hetero) is 1. The Bertz CT molecular complexity index is 993. The third-order valence-corrected chi connectivity index (χ3v) is 6.32. The Morgan fingerprint density at radius 1 is 1.22 bits per heavy atom. The van der Waals surface area contributed by atoms with E-state index >= 15 is 0 Å². The average Bonchev–Trinajstić information content (AvgIpc) is 3.45. The number of rotatable bonds is 4. The van der Waals surface area contributed by atoms with E-state index in [1.165, 1.54) is 11.3 Å². The fraction of sp³-hybridized carbons (Fsp3) is 0.300. The number of aromatic nitrogens is 3. The first-order valence-electron chi connectivity index (χ1n) is 9.07. The second-order valence-electron chi connectivity index (χ2n) is 7.25. The van der Waals surface area contributed by atoms with E-state index in [1.54, 1.807) is 10.9 Å². The van der Waals surface area contributed by atoms with Crippen LogP contribution in [-0.2, 0) is 9.59 Å². The summed E-state index contributed by atoms with van der Waals surface area (Å²) in [6, 6.07) is 9.84. The molecule has 1 aromatic carbocycles. The molecule has 0 aliphatic heterocycles. The SMILES string of the molecule is O=C(Nc1nc(-c2ccc(-n3cccn3)cc2)cs1)C1C[C@H]2CC(=O)[C@@H]1C2. The fourth-order valence-corrected chi connectivity index (χ4v) is 4.98. The monoisotopic (exact) mass is 378 g/mol. The Morgan fingerprint density at radius 2 is 2.07 bits per heavy atom. The quantitative estimate of drug-likeness (QED) is 0.753. The minimum absolute atomic E-state index is 0.0644. The van der Waals surface area contributed by atoms with E-state index < -0.39 is 0 Å². The highest BCUT2D eigenvalue weighted by Crippen LogP contribution is 2.46. The molecule has 6 nitrogen and oxygen atoms in total. The molecule has 2 saturated carbocycles. The summed E-state index contributed by atoms with van der Waals surface area (Å²) in [5.41, 5.74) is 2.79. The van der Waals surface area contributed by atoms with Gasteiger partial charge in [0.15, 0.2) is 5.13 Å². The second-order valence-corrected chi connectivity index (χ2v) is 8.10. The molecule has 0 spiro atoms. The van der Waals surface area contributed by atoms with Gasteiger partial charge in [-0.05, 0) is 37.0 Å². The fourth-order valence-electron chi connectivity index (χ4n) is 4.26. The number of hydrogen-bond acceptors (Lipinski definition) is 5. The number of hydrogen-bond donors (Lipinski definition) is 1. The third-order valence-electron chi connectivity index (χ3n) is 5.57. The van der Waals surface area contributed by atoms with Gasteiger partial charge in [0.05, 0.1) is 11.4 Å². The first kappa shape index (κ1) is 16.4. The molecule has 2 heterocycles. The minimum Gasteiger partial charge on any atom is -0.302 e. The highest BCUT2D eigenvalue weighted by atomic mass is 32.1. The molecule has 0 radical (unpaired) electrons. The zero-order valence-corrected chi connectivity index (χ0v) is 15.4. The van der Waals surface area contributed by atoms with Crippen molar-refractivity contribution in [2.45, 2.75) is 19.3 Å². The van der Waals surface area contributed by atoms with Gasteiger partial charge in [-0.15, -0.1) is 11.3 Å². The van der Waals surface area contributed by atoms with Gasteiger partial charge in [0.2, 0.25) is 5.91 Å². The van der Waals surface area contributed by atoms with Crippen LogP contribution in [0.4, 0.5) is 5.13 Å². The van der Waals surface area contributed by atoms with Gasteiger partial charge in [-0.1, -0.05) is 12.1 Å². The molecule has 3 atom stereocenters. The molecule has 1 N–H and O–H groups in total. The number of amides is 1. The Labute approximate surface area is 160 Å². The van der Waals surface area contributed by atoms with Crippen LogP contribution in [0, 0.1) is 17.8 Å². The van der Waals surface area contributed by atoms with Crippen molar-refractivity contribution in [1.82, 2.24) is 14.8 Å². The summed E-state index contributed by atoms with van der Waals surface area (Å²) in [6.45, 7) is 0. The molecule has 2 aliphatic carbocycles. The van der Waals surface area contributed by atoms with Crippen LogP contribution in [0.25, 0.3) is 16.9 Å². The lowest BCUT2D eigenvalue weighted by atomic mass is 9.87. The molecule has 2 aromatic heterocycles. The number of ketones is 1. The van der Waals surface area contributed by atoms with Crippen molar-refractivity contribution < 1.29 is 9.59 Å². The topological polar surface area (TPSA) is 76.9 Å². The summed E-state index contributed by atoms with van der Waals surface area (Å²) in [5.74, 6) is 0.327. The van der Waals surface area contributed by atoms with Crippen LogP contribution in [0.1, 0.15) is 19.3 Å². The maximum Gasteiger partial charge on any atom is 0.230 e. The Hall–Kier alpha value is -2.80. The number of carbonyl (C=O) groups excluding carboxylic acids is 2. The van der Waals surface area contributed by atoms with Gasteiger partial charge in [-0.3, -0.25) is 9.59 Å². The molecule has 5 rings (SSSR count). The number of nitrogens with zero attached hydrogens (tertiary/aromatic N) is 3. The number of nitrogens with one attached hydrogen (secondary N) is 1. The Balaban J connectivity index is 1.29. The molecule has 2 fully saturated rings. The van der Waals surface area contributed by atoms with Gasteiger partial charge in [0.25, 0.3) is 0 Å². The Kier molecular flexibility index (Phi) is 3.89. The van der Waals surface area contributed by atoms with Crippen molar-refractivity contribution in [2.24, 2.45) is 17.8 Å². The third kappa shape index (κ3) is 2.98.